The molecule has 0 bridgehead atoms. The van der Waals surface area contributed by atoms with Crippen LogP contribution in [0.4, 0.5) is 13.2 Å². The molecule has 0 unspecified atom stereocenters. The minimum atomic E-state index is -4.09. The van der Waals surface area contributed by atoms with Gasteiger partial charge in [0.1, 0.15) is 42.8 Å². The maximum atomic E-state index is 14.5. The van der Waals surface area contributed by atoms with Gasteiger partial charge in [0.2, 0.25) is 0 Å². The van der Waals surface area contributed by atoms with Crippen molar-refractivity contribution in [1.29, 1.82) is 0 Å². The number of hydrogen-bond acceptors (Lipinski definition) is 10. The van der Waals surface area contributed by atoms with Crippen molar-refractivity contribution in [3.8, 4) is 11.3 Å². The molecule has 15 heteroatoms. The molecule has 6 rings (SSSR count). The number of rotatable bonds is 7. The van der Waals surface area contributed by atoms with Crippen LogP contribution in [0.3, 0.4) is 0 Å². The zero-order valence-corrected chi connectivity index (χ0v) is 24.4. The van der Waals surface area contributed by atoms with E-state index in [1.807, 2.05) is 18.2 Å². The van der Waals surface area contributed by atoms with E-state index in [2.05, 4.69) is 30.4 Å². The smallest absolute Gasteiger partial charge is 0.294 e. The lowest BCUT2D eigenvalue weighted by Crippen LogP contribution is -2.47. The summed E-state index contributed by atoms with van der Waals surface area (Å²) in [5.41, 5.74) is 0.983. The summed E-state index contributed by atoms with van der Waals surface area (Å²) >= 11 is 0. The van der Waals surface area contributed by atoms with Crippen molar-refractivity contribution in [2.75, 3.05) is 13.2 Å². The van der Waals surface area contributed by atoms with Crippen molar-refractivity contribution in [3.05, 3.63) is 114 Å². The molecule has 5 aromatic rings. The highest BCUT2D eigenvalue weighted by Crippen LogP contribution is 2.42. The standard InChI is InChI=1S/C20H18F3N7O.C10H8O3S/c1-12(18-16(22)5-24-8-27-18)20(31,7-30-11-26-10-29-30)15-3-2-13(21)4-14(15)19-17(23)6-25-9-28-19;11-14(12,13)10-6-5-8-3-1-2-4-9(8)7-10/h2-6,8-9,11-12,29,31H,7,10H2,1H3;1-7H,(H,11,12,13)/t12-,20+;/m0./s1. The van der Waals surface area contributed by atoms with Gasteiger partial charge in [-0.05, 0) is 40.6 Å². The number of aliphatic hydroxyl groups is 1. The molecule has 1 aliphatic heterocycles. The maximum Gasteiger partial charge on any atom is 0.294 e. The van der Waals surface area contributed by atoms with Crippen LogP contribution in [0.15, 0.2) is 95.6 Å². The van der Waals surface area contributed by atoms with Crippen molar-refractivity contribution >= 4 is 27.2 Å². The van der Waals surface area contributed by atoms with Crippen molar-refractivity contribution in [1.82, 2.24) is 30.4 Å². The second-order valence-electron chi connectivity index (χ2n) is 10.0. The Kier molecular flexibility index (Phi) is 9.15. The summed E-state index contributed by atoms with van der Waals surface area (Å²) in [6.45, 7) is 1.75. The first-order chi connectivity index (χ1) is 21.5. The first kappa shape index (κ1) is 31.6. The number of aliphatic imine (C=N–C) groups is 1. The van der Waals surface area contributed by atoms with Gasteiger partial charge in [0.15, 0.2) is 11.6 Å². The molecule has 3 heterocycles. The summed E-state index contributed by atoms with van der Waals surface area (Å²) in [6.07, 6.45) is 5.69. The Bertz CT molecular complexity index is 1980. The van der Waals surface area contributed by atoms with Crippen LogP contribution in [-0.4, -0.2) is 62.6 Å². The van der Waals surface area contributed by atoms with Crippen LogP contribution < -0.4 is 5.43 Å². The van der Waals surface area contributed by atoms with Gasteiger partial charge in [0.05, 0.1) is 29.5 Å². The van der Waals surface area contributed by atoms with Crippen LogP contribution in [0.2, 0.25) is 0 Å². The molecule has 45 heavy (non-hydrogen) atoms. The highest BCUT2D eigenvalue weighted by molar-refractivity contribution is 7.85. The second-order valence-corrected chi connectivity index (χ2v) is 11.5. The average Bonchev–Trinajstić information content (AvgIpc) is 3.53. The van der Waals surface area contributed by atoms with E-state index in [9.17, 15) is 26.7 Å². The molecule has 0 saturated carbocycles. The molecule has 0 radical (unpaired) electrons. The highest BCUT2D eigenvalue weighted by atomic mass is 32.2. The van der Waals surface area contributed by atoms with Crippen LogP contribution in [0, 0.1) is 17.5 Å². The van der Waals surface area contributed by atoms with E-state index in [1.165, 1.54) is 35.9 Å². The number of nitrogens with zero attached hydrogens (tertiary/aromatic N) is 6. The number of hydrogen-bond donors (Lipinski definition) is 3. The molecule has 11 nitrogen and oxygen atoms in total. The van der Waals surface area contributed by atoms with Crippen molar-refractivity contribution in [2.45, 2.75) is 23.3 Å². The van der Waals surface area contributed by atoms with Crippen molar-refractivity contribution in [3.63, 3.8) is 0 Å². The zero-order valence-electron chi connectivity index (χ0n) is 23.6. The number of hydrazine groups is 1. The van der Waals surface area contributed by atoms with Crippen molar-refractivity contribution < 1.29 is 31.2 Å². The molecule has 3 aromatic carbocycles. The predicted octanol–water partition coefficient (Wildman–Crippen LogP) is 4.23. The van der Waals surface area contributed by atoms with Gasteiger partial charge in [0, 0.05) is 11.5 Å². The predicted molar refractivity (Wildman–Crippen MR) is 159 cm³/mol. The zero-order chi connectivity index (χ0) is 32.2. The molecule has 232 valence electrons. The number of aromatic nitrogens is 4. The third-order valence-electron chi connectivity index (χ3n) is 7.21. The fourth-order valence-electron chi connectivity index (χ4n) is 4.92. The fourth-order valence-corrected chi connectivity index (χ4v) is 5.44. The van der Waals surface area contributed by atoms with Crippen LogP contribution in [-0.2, 0) is 15.7 Å². The van der Waals surface area contributed by atoms with Crippen LogP contribution in [0.25, 0.3) is 22.0 Å². The van der Waals surface area contributed by atoms with Crippen molar-refractivity contribution in [2.24, 2.45) is 4.99 Å². The monoisotopic (exact) mass is 637 g/mol. The molecule has 0 aliphatic carbocycles. The third-order valence-corrected chi connectivity index (χ3v) is 8.06. The molecule has 0 fully saturated rings. The highest BCUT2D eigenvalue weighted by Gasteiger charge is 2.43. The van der Waals surface area contributed by atoms with E-state index < -0.39 is 39.1 Å². The maximum absolute atomic E-state index is 14.5. The summed E-state index contributed by atoms with van der Waals surface area (Å²) in [6, 6.07) is 15.4. The van der Waals surface area contributed by atoms with Gasteiger partial charge in [-0.25, -0.2) is 38.5 Å². The van der Waals surface area contributed by atoms with Gasteiger partial charge in [-0.15, -0.1) is 0 Å². The second kappa shape index (κ2) is 13.0. The SMILES string of the molecule is C[C@@H](c1ncncc1F)[C@](O)(CN1C=NCN1)c1ccc(F)cc1-c1ncncc1F.O=S(=O)(O)c1ccc2ccccc2c1. The first-order valence-electron chi connectivity index (χ1n) is 13.4. The van der Waals surface area contributed by atoms with Gasteiger partial charge in [-0.2, -0.15) is 8.42 Å². The molecule has 1 aliphatic rings. The average molecular weight is 638 g/mol. The number of benzene rings is 3. The van der Waals surface area contributed by atoms with Gasteiger partial charge >= 0.3 is 0 Å². The first-order valence-corrected chi connectivity index (χ1v) is 14.8. The Labute approximate surface area is 255 Å². The Morgan fingerprint density at radius 3 is 2.33 bits per heavy atom. The lowest BCUT2D eigenvalue weighted by Gasteiger charge is -2.38. The lowest BCUT2D eigenvalue weighted by atomic mass is 9.77. The van der Waals surface area contributed by atoms with Gasteiger partial charge in [0.25, 0.3) is 10.1 Å². The summed E-state index contributed by atoms with van der Waals surface area (Å²) in [5.74, 6) is -3.10. The van der Waals surface area contributed by atoms with E-state index in [0.717, 1.165) is 41.6 Å². The minimum Gasteiger partial charge on any atom is -0.383 e. The van der Waals surface area contributed by atoms with E-state index in [1.54, 1.807) is 19.1 Å². The van der Waals surface area contributed by atoms with Gasteiger partial charge in [-0.1, -0.05) is 43.3 Å². The van der Waals surface area contributed by atoms with E-state index >= 15 is 0 Å². The van der Waals surface area contributed by atoms with E-state index in [0.29, 0.717) is 6.67 Å². The summed E-state index contributed by atoms with van der Waals surface area (Å²) in [4.78, 5) is 19.1. The topological polar surface area (TPSA) is 154 Å². The molecular formula is C30H26F3N7O4S. The van der Waals surface area contributed by atoms with Crippen LogP contribution in [0.5, 0.6) is 0 Å². The van der Waals surface area contributed by atoms with E-state index in [4.69, 9.17) is 4.55 Å². The molecule has 0 saturated heterocycles. The lowest BCUT2D eigenvalue weighted by molar-refractivity contribution is -0.0135. The molecule has 2 aromatic heterocycles. The number of fused-ring (bicyclic) bond motifs is 1. The minimum absolute atomic E-state index is 0.0138. The summed E-state index contributed by atoms with van der Waals surface area (Å²) in [5, 5.41) is 15.2. The number of halogens is 3. The number of β-amino-alcohol motifs (C(OH)–C–C–N with tert-alkyl or cyclic N) is 1. The van der Waals surface area contributed by atoms with Crippen LogP contribution in [0.1, 0.15) is 24.1 Å². The van der Waals surface area contributed by atoms with Crippen LogP contribution >= 0.6 is 0 Å². The molecule has 0 spiro atoms. The quantitative estimate of drug-likeness (QED) is 0.221. The third kappa shape index (κ3) is 6.96. The largest absolute Gasteiger partial charge is 0.383 e. The normalized spacial score (nSPS) is 14.9. The number of nitrogens with one attached hydrogen (secondary N) is 1. The molecule has 3 N–H and O–H groups in total. The Hall–Kier alpha value is -4.83. The van der Waals surface area contributed by atoms with E-state index in [-0.39, 0.29) is 34.0 Å². The summed E-state index contributed by atoms with van der Waals surface area (Å²) < 4.78 is 73.7. The Morgan fingerprint density at radius 2 is 1.67 bits per heavy atom. The Morgan fingerprint density at radius 1 is 0.956 bits per heavy atom. The fraction of sp³-hybridized carbons (Fsp3) is 0.167. The molecular weight excluding hydrogens is 611 g/mol. The molecule has 0 amide bonds. The molecule has 2 atom stereocenters. The Balaban J connectivity index is 0.000000238. The summed E-state index contributed by atoms with van der Waals surface area (Å²) in [7, 11) is -4.09. The van der Waals surface area contributed by atoms with Gasteiger partial charge < -0.3 is 5.11 Å². The van der Waals surface area contributed by atoms with Gasteiger partial charge in [-0.3, -0.25) is 14.6 Å².